The van der Waals surface area contributed by atoms with Crippen molar-refractivity contribution in [3.8, 4) is 0 Å². The molecule has 0 amide bonds. The fourth-order valence-electron chi connectivity index (χ4n) is 2.03. The van der Waals surface area contributed by atoms with Crippen LogP contribution in [0.15, 0.2) is 12.2 Å². The van der Waals surface area contributed by atoms with Crippen LogP contribution in [0.4, 0.5) is 0 Å². The van der Waals surface area contributed by atoms with E-state index in [1.807, 2.05) is 0 Å². The summed E-state index contributed by atoms with van der Waals surface area (Å²) in [5, 5.41) is 0. The predicted octanol–water partition coefficient (Wildman–Crippen LogP) is 4.15. The lowest BCUT2D eigenvalue weighted by Crippen LogP contribution is -2.10. The largest absolute Gasteiger partial charge is 0.100 e. The Balaban J connectivity index is 2.29. The number of hydrogen-bond donors (Lipinski definition) is 0. The molecule has 3 unspecified atom stereocenters. The second kappa shape index (κ2) is 4.45. The van der Waals surface area contributed by atoms with Gasteiger partial charge in [0.25, 0.3) is 0 Å². The Bertz CT molecular complexity index is 162. The van der Waals surface area contributed by atoms with Gasteiger partial charge in [-0.3, -0.25) is 0 Å². The van der Waals surface area contributed by atoms with E-state index in [-0.39, 0.29) is 0 Å². The summed E-state index contributed by atoms with van der Waals surface area (Å²) in [6.07, 6.45) is 5.33. The third-order valence-corrected chi connectivity index (χ3v) is 4.36. The van der Waals surface area contributed by atoms with Crippen molar-refractivity contribution in [1.29, 1.82) is 0 Å². The molecule has 0 aromatic heterocycles. The molecule has 1 heteroatoms. The van der Waals surface area contributed by atoms with Crippen LogP contribution in [0.25, 0.3) is 0 Å². The minimum Gasteiger partial charge on any atom is -0.100 e. The summed E-state index contributed by atoms with van der Waals surface area (Å²) in [5.74, 6) is 1.80. The number of halogens is 1. The second-order valence-corrected chi connectivity index (χ2v) is 5.38. The minimum absolute atomic E-state index is 0.771. The average molecular weight is 231 g/mol. The molecule has 0 aliphatic heterocycles. The van der Waals surface area contributed by atoms with E-state index in [4.69, 9.17) is 0 Å². The van der Waals surface area contributed by atoms with Gasteiger partial charge in [0, 0.05) is 4.83 Å². The molecule has 0 radical (unpaired) electrons. The smallest absolute Gasteiger partial charge is 0.0174 e. The Morgan fingerprint density at radius 2 is 2.17 bits per heavy atom. The van der Waals surface area contributed by atoms with Gasteiger partial charge < -0.3 is 0 Å². The van der Waals surface area contributed by atoms with Crippen molar-refractivity contribution < 1.29 is 0 Å². The van der Waals surface area contributed by atoms with Gasteiger partial charge in [-0.05, 0) is 44.4 Å². The van der Waals surface area contributed by atoms with Crippen molar-refractivity contribution in [2.24, 2.45) is 11.8 Å². The third kappa shape index (κ3) is 2.62. The van der Waals surface area contributed by atoms with Gasteiger partial charge in [-0.25, -0.2) is 0 Å². The standard InChI is InChI=1S/C11H19Br/c1-8(2)4-5-10-6-7-11(12)9(10)3/h9-11H,1,4-7H2,2-3H3. The van der Waals surface area contributed by atoms with Crippen LogP contribution in [0.3, 0.4) is 0 Å². The highest BCUT2D eigenvalue weighted by molar-refractivity contribution is 9.09. The van der Waals surface area contributed by atoms with Crippen LogP contribution in [0.5, 0.6) is 0 Å². The maximum absolute atomic E-state index is 3.95. The summed E-state index contributed by atoms with van der Waals surface area (Å²) in [4.78, 5) is 0.771. The van der Waals surface area contributed by atoms with Crippen LogP contribution in [-0.4, -0.2) is 4.83 Å². The molecule has 1 fully saturated rings. The molecule has 0 spiro atoms. The van der Waals surface area contributed by atoms with E-state index in [1.54, 1.807) is 0 Å². The van der Waals surface area contributed by atoms with Gasteiger partial charge in [0.05, 0.1) is 0 Å². The van der Waals surface area contributed by atoms with Crippen molar-refractivity contribution in [3.63, 3.8) is 0 Å². The van der Waals surface area contributed by atoms with Gasteiger partial charge in [-0.2, -0.15) is 0 Å². The van der Waals surface area contributed by atoms with Crippen molar-refractivity contribution in [2.45, 2.75) is 44.4 Å². The molecule has 1 saturated carbocycles. The molecule has 12 heavy (non-hydrogen) atoms. The van der Waals surface area contributed by atoms with Crippen LogP contribution in [0, 0.1) is 11.8 Å². The Labute approximate surface area is 84.6 Å². The molecule has 0 aromatic rings. The monoisotopic (exact) mass is 230 g/mol. The molecule has 1 rings (SSSR count). The SMILES string of the molecule is C=C(C)CCC1CCC(Br)C1C. The molecule has 0 aromatic carbocycles. The summed E-state index contributed by atoms with van der Waals surface area (Å²) >= 11 is 3.73. The fraction of sp³-hybridized carbons (Fsp3) is 0.818. The molecule has 0 saturated heterocycles. The van der Waals surface area contributed by atoms with Crippen molar-refractivity contribution in [3.05, 3.63) is 12.2 Å². The molecule has 3 atom stereocenters. The first kappa shape index (κ1) is 10.3. The first-order chi connectivity index (χ1) is 5.61. The van der Waals surface area contributed by atoms with Gasteiger partial charge in [0.2, 0.25) is 0 Å². The molecule has 0 N–H and O–H groups in total. The molecule has 1 aliphatic carbocycles. The quantitative estimate of drug-likeness (QED) is 0.505. The summed E-state index contributed by atoms with van der Waals surface area (Å²) in [5.41, 5.74) is 1.33. The molecule has 0 nitrogen and oxygen atoms in total. The third-order valence-electron chi connectivity index (χ3n) is 3.07. The van der Waals surface area contributed by atoms with E-state index in [0.717, 1.165) is 16.7 Å². The zero-order chi connectivity index (χ0) is 9.14. The molecular weight excluding hydrogens is 212 g/mol. The van der Waals surface area contributed by atoms with Crippen molar-refractivity contribution >= 4 is 15.9 Å². The van der Waals surface area contributed by atoms with Crippen LogP contribution in [0.1, 0.15) is 39.5 Å². The van der Waals surface area contributed by atoms with Crippen LogP contribution in [-0.2, 0) is 0 Å². The van der Waals surface area contributed by atoms with Crippen molar-refractivity contribution in [1.82, 2.24) is 0 Å². The van der Waals surface area contributed by atoms with E-state index in [0.29, 0.717) is 0 Å². The summed E-state index contributed by atoms with van der Waals surface area (Å²) in [7, 11) is 0. The Morgan fingerprint density at radius 1 is 1.50 bits per heavy atom. The zero-order valence-electron chi connectivity index (χ0n) is 8.15. The summed E-state index contributed by atoms with van der Waals surface area (Å²) in [6, 6.07) is 0. The highest BCUT2D eigenvalue weighted by Crippen LogP contribution is 2.39. The van der Waals surface area contributed by atoms with Gasteiger partial charge in [-0.15, -0.1) is 6.58 Å². The minimum atomic E-state index is 0.771. The molecule has 0 heterocycles. The summed E-state index contributed by atoms with van der Waals surface area (Å²) in [6.45, 7) is 8.45. The first-order valence-corrected chi connectivity index (χ1v) is 5.81. The summed E-state index contributed by atoms with van der Waals surface area (Å²) < 4.78 is 0. The average Bonchev–Trinajstić information content (AvgIpc) is 2.30. The topological polar surface area (TPSA) is 0 Å². The lowest BCUT2D eigenvalue weighted by atomic mass is 9.92. The lowest BCUT2D eigenvalue weighted by molar-refractivity contribution is 0.397. The second-order valence-electron chi connectivity index (χ2n) is 4.21. The Hall–Kier alpha value is 0.220. The first-order valence-electron chi connectivity index (χ1n) is 4.89. The highest BCUT2D eigenvalue weighted by Gasteiger charge is 2.30. The Kier molecular flexibility index (Phi) is 3.82. The highest BCUT2D eigenvalue weighted by atomic mass is 79.9. The fourth-order valence-corrected chi connectivity index (χ4v) is 2.73. The van der Waals surface area contributed by atoms with Gasteiger partial charge >= 0.3 is 0 Å². The van der Waals surface area contributed by atoms with Gasteiger partial charge in [0.15, 0.2) is 0 Å². The molecular formula is C11H19Br. The van der Waals surface area contributed by atoms with Gasteiger partial charge in [0.1, 0.15) is 0 Å². The maximum atomic E-state index is 3.95. The van der Waals surface area contributed by atoms with Crippen molar-refractivity contribution in [2.75, 3.05) is 0 Å². The molecule has 1 aliphatic rings. The van der Waals surface area contributed by atoms with Crippen LogP contribution < -0.4 is 0 Å². The number of rotatable bonds is 3. The number of alkyl halides is 1. The number of hydrogen-bond acceptors (Lipinski definition) is 0. The van der Waals surface area contributed by atoms with E-state index in [1.165, 1.54) is 31.3 Å². The Morgan fingerprint density at radius 3 is 2.58 bits per heavy atom. The zero-order valence-corrected chi connectivity index (χ0v) is 9.73. The van der Waals surface area contributed by atoms with Crippen LogP contribution >= 0.6 is 15.9 Å². The van der Waals surface area contributed by atoms with E-state index in [9.17, 15) is 0 Å². The number of allylic oxidation sites excluding steroid dienone is 1. The van der Waals surface area contributed by atoms with Crippen LogP contribution in [0.2, 0.25) is 0 Å². The van der Waals surface area contributed by atoms with E-state index in [2.05, 4.69) is 36.4 Å². The normalized spacial score (nSPS) is 35.4. The van der Waals surface area contributed by atoms with E-state index >= 15 is 0 Å². The molecule has 70 valence electrons. The molecule has 0 bridgehead atoms. The van der Waals surface area contributed by atoms with Gasteiger partial charge in [-0.1, -0.05) is 28.4 Å². The predicted molar refractivity (Wildman–Crippen MR) is 58.7 cm³/mol. The van der Waals surface area contributed by atoms with E-state index < -0.39 is 0 Å². The maximum Gasteiger partial charge on any atom is 0.0174 e. The lowest BCUT2D eigenvalue weighted by Gasteiger charge is -2.16.